The van der Waals surface area contributed by atoms with Crippen molar-refractivity contribution in [2.75, 3.05) is 26.0 Å². The number of aromatic nitrogens is 2. The number of hydrogen-bond donors (Lipinski definition) is 2. The predicted molar refractivity (Wildman–Crippen MR) is 184 cm³/mol. The van der Waals surface area contributed by atoms with E-state index in [-0.39, 0.29) is 55.2 Å². The molecule has 0 unspecified atom stereocenters. The normalized spacial score (nSPS) is 20.9. The van der Waals surface area contributed by atoms with Gasteiger partial charge in [-0.1, -0.05) is 31.2 Å². The molecule has 3 aliphatic rings. The Morgan fingerprint density at radius 3 is 2.58 bits per heavy atom. The number of hydrogen-bond acceptors (Lipinski definition) is 12. The zero-order valence-electron chi connectivity index (χ0n) is 28.9. The number of rotatable bonds is 10. The summed E-state index contributed by atoms with van der Waals surface area (Å²) in [6, 6.07) is 11.3. The van der Waals surface area contributed by atoms with Crippen molar-refractivity contribution in [1.29, 1.82) is 0 Å². The third-order valence-corrected chi connectivity index (χ3v) is 10.1. The number of esters is 2. The Kier molecular flexibility index (Phi) is 9.00. The first-order valence-corrected chi connectivity index (χ1v) is 18.2. The summed E-state index contributed by atoms with van der Waals surface area (Å²) in [6.07, 6.45) is 2.85. The quantitative estimate of drug-likeness (QED) is 0.0813. The highest BCUT2D eigenvalue weighted by Gasteiger charge is 2.50. The zero-order chi connectivity index (χ0) is 36.2. The molecule has 2 aromatic heterocycles. The van der Waals surface area contributed by atoms with Crippen molar-refractivity contribution in [2.45, 2.75) is 77.3 Å². The lowest BCUT2D eigenvalue weighted by molar-refractivity contribution is -0.188. The predicted octanol–water partition coefficient (Wildman–Crippen LogP) is 3.17. The van der Waals surface area contributed by atoms with Crippen LogP contribution in [0.25, 0.3) is 22.3 Å². The minimum Gasteiger partial charge on any atom is -0.457 e. The average Bonchev–Trinajstić information content (AvgIpc) is 3.48. The van der Waals surface area contributed by atoms with Gasteiger partial charge in [0, 0.05) is 22.9 Å². The fourth-order valence-corrected chi connectivity index (χ4v) is 7.53. The first-order chi connectivity index (χ1) is 23.5. The number of carbonyl (C=O) groups excluding carboxylic acids is 2. The Hall–Kier alpha value is -4.44. The first kappa shape index (κ1) is 35.4. The lowest BCUT2D eigenvalue weighted by Crippen LogP contribution is -2.48. The number of benzene rings is 1. The molecule has 0 saturated heterocycles. The molecular weight excluding hydrogens is 666 g/mol. The lowest BCUT2D eigenvalue weighted by atomic mass is 9.85. The van der Waals surface area contributed by atoms with Crippen LogP contribution in [-0.4, -0.2) is 83.1 Å². The number of nitrogens with one attached hydrogen (secondary N) is 1. The number of aliphatic imine (C=N–C) groups is 1. The second-order valence-electron chi connectivity index (χ2n) is 13.9. The Morgan fingerprint density at radius 1 is 1.16 bits per heavy atom. The number of sulfonamides is 1. The first-order valence-electron chi connectivity index (χ1n) is 16.3. The SMILES string of the molecule is CC[C@@]1(OC(=O)CN=C(CCOCC2=CC(C)(C)N(O)C2(C)C)NS(C)(=O)=O)C(=O)OCc2c1cc1n(c2=O)Cc2cc3ccccc3nc2-1. The molecule has 0 radical (unpaired) electrons. The highest BCUT2D eigenvalue weighted by atomic mass is 32.2. The van der Waals surface area contributed by atoms with E-state index in [1.165, 1.54) is 5.06 Å². The van der Waals surface area contributed by atoms with Gasteiger partial charge in [0.25, 0.3) is 5.56 Å². The molecule has 50 heavy (non-hydrogen) atoms. The Bertz CT molecular complexity index is 2140. The number of hydroxylamine groups is 2. The summed E-state index contributed by atoms with van der Waals surface area (Å²) in [6.45, 7) is 8.74. The van der Waals surface area contributed by atoms with Crippen LogP contribution >= 0.6 is 0 Å². The highest BCUT2D eigenvalue weighted by molar-refractivity contribution is 7.89. The van der Waals surface area contributed by atoms with E-state index in [0.717, 1.165) is 28.3 Å². The lowest BCUT2D eigenvalue weighted by Gasteiger charge is -2.36. The van der Waals surface area contributed by atoms with Crippen LogP contribution in [0.1, 0.15) is 64.2 Å². The molecular formula is C35H41N5O9S. The average molecular weight is 708 g/mol. The van der Waals surface area contributed by atoms with Gasteiger partial charge < -0.3 is 24.0 Å². The highest BCUT2D eigenvalue weighted by Crippen LogP contribution is 2.41. The maximum Gasteiger partial charge on any atom is 0.355 e. The summed E-state index contributed by atoms with van der Waals surface area (Å²) >= 11 is 0. The summed E-state index contributed by atoms with van der Waals surface area (Å²) in [5.41, 5.74) is 0.435. The summed E-state index contributed by atoms with van der Waals surface area (Å²) in [4.78, 5) is 49.5. The van der Waals surface area contributed by atoms with E-state index in [1.807, 2.05) is 64.1 Å². The summed E-state index contributed by atoms with van der Waals surface area (Å²) in [7, 11) is -3.76. The molecule has 0 saturated carbocycles. The van der Waals surface area contributed by atoms with Crippen molar-refractivity contribution >= 4 is 38.7 Å². The minimum absolute atomic E-state index is 0.00802. The number of cyclic esters (lactones) is 1. The summed E-state index contributed by atoms with van der Waals surface area (Å²) < 4.78 is 45.2. The molecule has 266 valence electrons. The number of fused-ring (bicyclic) bond motifs is 5. The van der Waals surface area contributed by atoms with E-state index in [4.69, 9.17) is 19.2 Å². The third-order valence-electron chi connectivity index (χ3n) is 9.50. The van der Waals surface area contributed by atoms with Crippen LogP contribution in [0.3, 0.4) is 0 Å². The van der Waals surface area contributed by atoms with Crippen LogP contribution in [0, 0.1) is 0 Å². The molecule has 0 spiro atoms. The van der Waals surface area contributed by atoms with Gasteiger partial charge in [-0.15, -0.1) is 0 Å². The van der Waals surface area contributed by atoms with Gasteiger partial charge in [0.1, 0.15) is 19.0 Å². The van der Waals surface area contributed by atoms with Crippen molar-refractivity contribution in [2.24, 2.45) is 4.99 Å². The van der Waals surface area contributed by atoms with Crippen LogP contribution in [0.4, 0.5) is 0 Å². The second-order valence-corrected chi connectivity index (χ2v) is 15.6. The fourth-order valence-electron chi connectivity index (χ4n) is 6.94. The number of para-hydroxylation sites is 1. The zero-order valence-corrected chi connectivity index (χ0v) is 29.7. The molecule has 1 atom stereocenters. The van der Waals surface area contributed by atoms with Gasteiger partial charge in [-0.2, -0.15) is 5.06 Å². The van der Waals surface area contributed by atoms with Crippen LogP contribution in [0.5, 0.6) is 0 Å². The van der Waals surface area contributed by atoms with Crippen molar-refractivity contribution in [1.82, 2.24) is 19.3 Å². The van der Waals surface area contributed by atoms with Gasteiger partial charge in [0.15, 0.2) is 0 Å². The molecule has 0 bridgehead atoms. The van der Waals surface area contributed by atoms with E-state index in [1.54, 1.807) is 17.6 Å². The topological polar surface area (TPSA) is 179 Å². The second kappa shape index (κ2) is 12.7. The van der Waals surface area contributed by atoms with Crippen molar-refractivity contribution in [3.8, 4) is 11.4 Å². The summed E-state index contributed by atoms with van der Waals surface area (Å²) in [5, 5.41) is 12.7. The molecule has 3 aromatic rings. The Balaban J connectivity index is 1.22. The molecule has 0 fully saturated rings. The molecule has 0 amide bonds. The van der Waals surface area contributed by atoms with Gasteiger partial charge >= 0.3 is 11.9 Å². The van der Waals surface area contributed by atoms with Crippen molar-refractivity contribution in [3.05, 3.63) is 75.1 Å². The third kappa shape index (κ3) is 6.34. The minimum atomic E-state index is -3.76. The Morgan fingerprint density at radius 2 is 1.90 bits per heavy atom. The number of nitrogens with zero attached hydrogens (tertiary/aromatic N) is 4. The number of pyridine rings is 2. The van der Waals surface area contributed by atoms with Crippen LogP contribution < -0.4 is 10.3 Å². The molecule has 15 heteroatoms. The van der Waals surface area contributed by atoms with E-state index >= 15 is 0 Å². The fraction of sp³-hybridized carbons (Fsp3) is 0.457. The van der Waals surface area contributed by atoms with Gasteiger partial charge in [-0.3, -0.25) is 14.5 Å². The monoisotopic (exact) mass is 707 g/mol. The number of ether oxygens (including phenoxy) is 3. The number of amidine groups is 1. The van der Waals surface area contributed by atoms with Crippen LogP contribution in [0.15, 0.2) is 57.8 Å². The van der Waals surface area contributed by atoms with Crippen LogP contribution in [-0.2, 0) is 52.6 Å². The van der Waals surface area contributed by atoms with E-state index in [2.05, 4.69) is 9.71 Å². The van der Waals surface area contributed by atoms with Gasteiger partial charge in [0.05, 0.1) is 59.6 Å². The molecule has 3 aliphatic heterocycles. The van der Waals surface area contributed by atoms with Crippen molar-refractivity contribution < 1.29 is 37.4 Å². The van der Waals surface area contributed by atoms with E-state index < -0.39 is 45.2 Å². The van der Waals surface area contributed by atoms with E-state index in [9.17, 15) is 28.0 Å². The van der Waals surface area contributed by atoms with Crippen molar-refractivity contribution in [3.63, 3.8) is 0 Å². The Labute approximate surface area is 289 Å². The largest absolute Gasteiger partial charge is 0.457 e. The smallest absolute Gasteiger partial charge is 0.355 e. The summed E-state index contributed by atoms with van der Waals surface area (Å²) in [5.74, 6) is -1.80. The molecule has 0 aliphatic carbocycles. The standard InChI is InChI=1S/C35H41N5O9S/c1-7-35(49-29(41)17-36-28(38-50(6,45)46)12-13-47-19-23-16-33(2,3)40(44)34(23,4)5)25-15-27-30-22(14-21-10-8-9-11-26(21)37-30)18-39(27)31(42)24(25)20-48-32(35)43/h8-11,14-16,44H,7,12-13,17-20H2,1-6H3,(H,36,38)/t35-/m0/s1. The maximum atomic E-state index is 13.8. The van der Waals surface area contributed by atoms with Gasteiger partial charge in [-0.25, -0.2) is 23.0 Å². The number of carbonyl (C=O) groups is 2. The molecule has 5 heterocycles. The molecule has 1 aromatic carbocycles. The van der Waals surface area contributed by atoms with E-state index in [0.29, 0.717) is 17.9 Å². The molecule has 6 rings (SSSR count). The van der Waals surface area contributed by atoms with Gasteiger partial charge in [-0.05, 0) is 57.9 Å². The molecule has 2 N–H and O–H groups in total. The maximum absolute atomic E-state index is 13.8. The molecule has 14 nitrogen and oxygen atoms in total. The van der Waals surface area contributed by atoms with Crippen LogP contribution in [0.2, 0.25) is 0 Å². The van der Waals surface area contributed by atoms with Gasteiger partial charge in [0.2, 0.25) is 15.6 Å².